The maximum absolute atomic E-state index is 13.5. The van der Waals surface area contributed by atoms with Crippen molar-refractivity contribution in [3.63, 3.8) is 0 Å². The van der Waals surface area contributed by atoms with Gasteiger partial charge in [-0.1, -0.05) is 0 Å². The monoisotopic (exact) mass is 286 g/mol. The number of halogens is 2. The van der Waals surface area contributed by atoms with Crippen LogP contribution in [0.3, 0.4) is 0 Å². The number of benzene rings is 1. The van der Waals surface area contributed by atoms with E-state index >= 15 is 0 Å². The molecule has 110 valence electrons. The predicted molar refractivity (Wildman–Crippen MR) is 69.5 cm³/mol. The van der Waals surface area contributed by atoms with Crippen LogP contribution >= 0.6 is 0 Å². The Labute approximate surface area is 115 Å². The van der Waals surface area contributed by atoms with E-state index < -0.39 is 35.6 Å². The Bertz CT molecular complexity index is 535. The molecule has 0 fully saturated rings. The lowest BCUT2D eigenvalue weighted by Crippen LogP contribution is -2.42. The molecule has 0 saturated carbocycles. The average molecular weight is 286 g/mol. The third-order valence-electron chi connectivity index (χ3n) is 2.99. The number of urea groups is 1. The SMILES string of the molecule is Cc1cc(F)c(NC(=O)NC(C)C(C)C(=O)O)cc1F. The van der Waals surface area contributed by atoms with Gasteiger partial charge in [0, 0.05) is 12.1 Å². The van der Waals surface area contributed by atoms with Gasteiger partial charge >= 0.3 is 12.0 Å². The molecule has 1 rings (SSSR count). The first kappa shape index (κ1) is 15.9. The van der Waals surface area contributed by atoms with Crippen LogP contribution in [-0.4, -0.2) is 23.1 Å². The molecule has 0 radical (unpaired) electrons. The number of carboxylic acid groups (broad SMARTS) is 1. The van der Waals surface area contributed by atoms with Crippen LogP contribution in [0.5, 0.6) is 0 Å². The third kappa shape index (κ3) is 3.91. The Morgan fingerprint density at radius 1 is 1.20 bits per heavy atom. The standard InChI is InChI=1S/C13H16F2N2O3/c1-6-4-10(15)11(5-9(6)14)17-13(20)16-8(3)7(2)12(18)19/h4-5,7-8H,1-3H3,(H,18,19)(H2,16,17,20). The van der Waals surface area contributed by atoms with Crippen molar-refractivity contribution < 1.29 is 23.5 Å². The minimum atomic E-state index is -1.06. The maximum atomic E-state index is 13.5. The summed E-state index contributed by atoms with van der Waals surface area (Å²) in [4.78, 5) is 22.3. The van der Waals surface area contributed by atoms with Gasteiger partial charge in [0.25, 0.3) is 0 Å². The lowest BCUT2D eigenvalue weighted by molar-refractivity contribution is -0.141. The number of nitrogens with one attached hydrogen (secondary N) is 2. The van der Waals surface area contributed by atoms with Gasteiger partial charge in [-0.05, 0) is 32.4 Å². The summed E-state index contributed by atoms with van der Waals surface area (Å²) in [5, 5.41) is 13.3. The molecule has 2 unspecified atom stereocenters. The molecule has 3 N–H and O–H groups in total. The van der Waals surface area contributed by atoms with E-state index in [0.29, 0.717) is 0 Å². The highest BCUT2D eigenvalue weighted by molar-refractivity contribution is 5.90. The summed E-state index contributed by atoms with van der Waals surface area (Å²) in [6.07, 6.45) is 0. The molecule has 20 heavy (non-hydrogen) atoms. The van der Waals surface area contributed by atoms with Crippen LogP contribution in [0.15, 0.2) is 12.1 Å². The van der Waals surface area contributed by atoms with E-state index in [0.717, 1.165) is 12.1 Å². The predicted octanol–water partition coefficient (Wildman–Crippen LogP) is 2.50. The molecule has 0 spiro atoms. The molecule has 7 heteroatoms. The molecule has 0 aromatic heterocycles. The molecule has 0 saturated heterocycles. The molecule has 1 aromatic carbocycles. The van der Waals surface area contributed by atoms with Crippen molar-refractivity contribution >= 4 is 17.7 Å². The maximum Gasteiger partial charge on any atom is 0.319 e. The smallest absolute Gasteiger partial charge is 0.319 e. The van der Waals surface area contributed by atoms with Gasteiger partial charge in [-0.2, -0.15) is 0 Å². The number of carbonyl (C=O) groups excluding carboxylic acids is 1. The Morgan fingerprint density at radius 2 is 1.80 bits per heavy atom. The number of hydrogen-bond acceptors (Lipinski definition) is 2. The van der Waals surface area contributed by atoms with Crippen molar-refractivity contribution in [1.82, 2.24) is 5.32 Å². The summed E-state index contributed by atoms with van der Waals surface area (Å²) in [6, 6.07) is 0.377. The van der Waals surface area contributed by atoms with Crippen LogP contribution in [-0.2, 0) is 4.79 Å². The van der Waals surface area contributed by atoms with Crippen molar-refractivity contribution in [3.8, 4) is 0 Å². The summed E-state index contributed by atoms with van der Waals surface area (Å²) < 4.78 is 26.8. The molecule has 1 aromatic rings. The highest BCUT2D eigenvalue weighted by Crippen LogP contribution is 2.18. The zero-order valence-corrected chi connectivity index (χ0v) is 11.3. The number of carboxylic acids is 1. The lowest BCUT2D eigenvalue weighted by atomic mass is 10.0. The van der Waals surface area contributed by atoms with E-state index in [-0.39, 0.29) is 11.3 Å². The topological polar surface area (TPSA) is 78.4 Å². The van der Waals surface area contributed by atoms with Gasteiger partial charge in [-0.3, -0.25) is 4.79 Å². The van der Waals surface area contributed by atoms with Crippen LogP contribution in [0.4, 0.5) is 19.3 Å². The van der Waals surface area contributed by atoms with Crippen LogP contribution in [0.25, 0.3) is 0 Å². The summed E-state index contributed by atoms with van der Waals surface area (Å²) >= 11 is 0. The Morgan fingerprint density at radius 3 is 2.35 bits per heavy atom. The van der Waals surface area contributed by atoms with E-state index in [4.69, 9.17) is 5.11 Å². The Hall–Kier alpha value is -2.18. The van der Waals surface area contributed by atoms with E-state index in [1.807, 2.05) is 0 Å². The second-order valence-electron chi connectivity index (χ2n) is 4.60. The van der Waals surface area contributed by atoms with Gasteiger partial charge in [0.1, 0.15) is 11.6 Å². The first-order valence-electron chi connectivity index (χ1n) is 5.98. The quantitative estimate of drug-likeness (QED) is 0.795. The number of anilines is 1. The minimum Gasteiger partial charge on any atom is -0.481 e. The molecule has 0 aliphatic carbocycles. The van der Waals surface area contributed by atoms with Crippen molar-refractivity contribution in [2.45, 2.75) is 26.8 Å². The van der Waals surface area contributed by atoms with Crippen LogP contribution in [0.1, 0.15) is 19.4 Å². The molecular weight excluding hydrogens is 270 g/mol. The Kier molecular flexibility index (Phi) is 5.01. The molecule has 0 bridgehead atoms. The second kappa shape index (κ2) is 6.31. The number of amides is 2. The summed E-state index contributed by atoms with van der Waals surface area (Å²) in [7, 11) is 0. The van der Waals surface area contributed by atoms with Gasteiger partial charge in [-0.15, -0.1) is 0 Å². The summed E-state index contributed by atoms with van der Waals surface area (Å²) in [5.41, 5.74) is -0.179. The van der Waals surface area contributed by atoms with Crippen LogP contribution in [0, 0.1) is 24.5 Å². The molecule has 0 aliphatic rings. The third-order valence-corrected chi connectivity index (χ3v) is 2.99. The number of aryl methyl sites for hydroxylation is 1. The zero-order chi connectivity index (χ0) is 15.4. The number of rotatable bonds is 4. The lowest BCUT2D eigenvalue weighted by Gasteiger charge is -2.18. The fourth-order valence-electron chi connectivity index (χ4n) is 1.45. The van der Waals surface area contributed by atoms with Crippen molar-refractivity contribution in [3.05, 3.63) is 29.3 Å². The minimum absolute atomic E-state index is 0.126. The number of aliphatic carboxylic acids is 1. The van der Waals surface area contributed by atoms with E-state index in [1.54, 1.807) is 0 Å². The first-order valence-corrected chi connectivity index (χ1v) is 5.98. The van der Waals surface area contributed by atoms with Crippen molar-refractivity contribution in [2.24, 2.45) is 5.92 Å². The Balaban J connectivity index is 2.72. The molecule has 0 heterocycles. The van der Waals surface area contributed by atoms with Gasteiger partial charge < -0.3 is 15.7 Å². The summed E-state index contributed by atoms with van der Waals surface area (Å²) in [5.74, 6) is -3.28. The molecule has 0 aliphatic heterocycles. The summed E-state index contributed by atoms with van der Waals surface area (Å²) in [6.45, 7) is 4.34. The van der Waals surface area contributed by atoms with E-state index in [2.05, 4.69) is 10.6 Å². The normalized spacial score (nSPS) is 13.4. The zero-order valence-electron chi connectivity index (χ0n) is 11.3. The fraction of sp³-hybridized carbons (Fsp3) is 0.385. The first-order chi connectivity index (χ1) is 9.22. The highest BCUT2D eigenvalue weighted by atomic mass is 19.1. The second-order valence-corrected chi connectivity index (χ2v) is 4.60. The largest absolute Gasteiger partial charge is 0.481 e. The van der Waals surface area contributed by atoms with Crippen LogP contribution < -0.4 is 10.6 Å². The van der Waals surface area contributed by atoms with E-state index in [1.165, 1.54) is 20.8 Å². The molecule has 5 nitrogen and oxygen atoms in total. The number of carbonyl (C=O) groups is 2. The number of hydrogen-bond donors (Lipinski definition) is 3. The molecular formula is C13H16F2N2O3. The highest BCUT2D eigenvalue weighted by Gasteiger charge is 2.21. The van der Waals surface area contributed by atoms with Crippen LogP contribution in [0.2, 0.25) is 0 Å². The average Bonchev–Trinajstić information content (AvgIpc) is 2.34. The van der Waals surface area contributed by atoms with Gasteiger partial charge in [-0.25, -0.2) is 13.6 Å². The molecule has 2 amide bonds. The molecule has 2 atom stereocenters. The van der Waals surface area contributed by atoms with Gasteiger partial charge in [0.15, 0.2) is 0 Å². The van der Waals surface area contributed by atoms with Gasteiger partial charge in [0.2, 0.25) is 0 Å². The van der Waals surface area contributed by atoms with Gasteiger partial charge in [0.05, 0.1) is 11.6 Å². The fourth-order valence-corrected chi connectivity index (χ4v) is 1.45. The van der Waals surface area contributed by atoms with Crippen molar-refractivity contribution in [1.29, 1.82) is 0 Å². The van der Waals surface area contributed by atoms with Crippen molar-refractivity contribution in [2.75, 3.05) is 5.32 Å². The van der Waals surface area contributed by atoms with E-state index in [9.17, 15) is 18.4 Å².